The fraction of sp³-hybridized carbons (Fsp3) is 0.800. The molecule has 1 fully saturated rings. The lowest BCUT2D eigenvalue weighted by Gasteiger charge is -2.26. The molecule has 0 bridgehead atoms. The van der Waals surface area contributed by atoms with Crippen LogP contribution >= 0.6 is 0 Å². The summed E-state index contributed by atoms with van der Waals surface area (Å²) in [5.41, 5.74) is 0.626. The van der Waals surface area contributed by atoms with Crippen molar-refractivity contribution in [3.63, 3.8) is 0 Å². The van der Waals surface area contributed by atoms with Gasteiger partial charge in [-0.15, -0.1) is 0 Å². The average molecular weight is 294 g/mol. The van der Waals surface area contributed by atoms with Crippen LogP contribution in [0.2, 0.25) is 0 Å². The predicted molar refractivity (Wildman–Crippen MR) is 83.5 cm³/mol. The molecule has 1 aromatic heterocycles. The number of nitrogens with zero attached hydrogens (tertiary/aromatic N) is 3. The van der Waals surface area contributed by atoms with E-state index < -0.39 is 0 Å². The molecule has 1 saturated carbocycles. The van der Waals surface area contributed by atoms with Crippen LogP contribution in [0.25, 0.3) is 0 Å². The minimum Gasteiger partial charge on any atom is -0.364 e. The topological polar surface area (TPSA) is 73.0 Å². The Morgan fingerprint density at radius 2 is 2.05 bits per heavy atom. The minimum absolute atomic E-state index is 0.132. The van der Waals surface area contributed by atoms with Crippen LogP contribution in [0.3, 0.4) is 0 Å². The summed E-state index contributed by atoms with van der Waals surface area (Å²) in [5, 5.41) is 18.9. The van der Waals surface area contributed by atoms with E-state index in [1.807, 2.05) is 0 Å². The van der Waals surface area contributed by atoms with Crippen molar-refractivity contribution >= 4 is 11.5 Å². The third kappa shape index (κ3) is 3.74. The molecule has 1 aliphatic carbocycles. The van der Waals surface area contributed by atoms with Gasteiger partial charge in [0.2, 0.25) is 5.82 Å². The number of nitro groups is 1. The average Bonchev–Trinajstić information content (AvgIpc) is 2.74. The Labute approximate surface area is 126 Å². The van der Waals surface area contributed by atoms with Gasteiger partial charge in [0.05, 0.1) is 4.92 Å². The van der Waals surface area contributed by atoms with E-state index in [4.69, 9.17) is 0 Å². The lowest BCUT2D eigenvalue weighted by molar-refractivity contribution is -0.384. The molecule has 6 heteroatoms. The van der Waals surface area contributed by atoms with Crippen molar-refractivity contribution in [1.29, 1.82) is 0 Å². The van der Waals surface area contributed by atoms with Crippen molar-refractivity contribution in [2.75, 3.05) is 11.9 Å². The second-order valence-corrected chi connectivity index (χ2v) is 6.27. The maximum absolute atomic E-state index is 11.3. The first kappa shape index (κ1) is 15.8. The number of aryl methyl sites for hydroxylation is 2. The standard InChI is InChI=1S/C15H26N4O2/c1-4-9-18-15(14(19(20)21)12(3)17-18)16-10-13-7-5-11(2)6-8-13/h11,13,16H,4-10H2,1-3H3. The van der Waals surface area contributed by atoms with Crippen LogP contribution < -0.4 is 5.32 Å². The number of rotatable bonds is 6. The summed E-state index contributed by atoms with van der Waals surface area (Å²) in [4.78, 5) is 10.9. The molecule has 0 atom stereocenters. The maximum Gasteiger partial charge on any atom is 0.333 e. The molecule has 0 unspecified atom stereocenters. The summed E-state index contributed by atoms with van der Waals surface area (Å²) in [7, 11) is 0. The Hall–Kier alpha value is -1.59. The van der Waals surface area contributed by atoms with Gasteiger partial charge in [0.1, 0.15) is 5.69 Å². The van der Waals surface area contributed by atoms with Crippen molar-refractivity contribution in [2.45, 2.75) is 59.4 Å². The smallest absolute Gasteiger partial charge is 0.333 e. The first-order chi connectivity index (χ1) is 10.0. The van der Waals surface area contributed by atoms with Gasteiger partial charge in [-0.05, 0) is 38.0 Å². The summed E-state index contributed by atoms with van der Waals surface area (Å²) >= 11 is 0. The second kappa shape index (κ2) is 6.91. The molecule has 1 aliphatic rings. The Bertz CT molecular complexity index is 490. The van der Waals surface area contributed by atoms with E-state index >= 15 is 0 Å². The van der Waals surface area contributed by atoms with Crippen LogP contribution in [0.5, 0.6) is 0 Å². The molecule has 1 aromatic rings. The molecule has 0 aromatic carbocycles. The predicted octanol–water partition coefficient (Wildman–Crippen LogP) is 3.75. The highest BCUT2D eigenvalue weighted by Crippen LogP contribution is 2.31. The van der Waals surface area contributed by atoms with Gasteiger partial charge >= 0.3 is 5.69 Å². The molecule has 6 nitrogen and oxygen atoms in total. The third-order valence-electron chi connectivity index (χ3n) is 4.41. The molecule has 0 radical (unpaired) electrons. The van der Waals surface area contributed by atoms with Crippen LogP contribution in [0.1, 0.15) is 51.6 Å². The first-order valence-electron chi connectivity index (χ1n) is 7.98. The molecule has 2 rings (SSSR count). The molecule has 0 spiro atoms. The number of hydrogen-bond donors (Lipinski definition) is 1. The molecule has 21 heavy (non-hydrogen) atoms. The van der Waals surface area contributed by atoms with Crippen LogP contribution in [0.15, 0.2) is 0 Å². The van der Waals surface area contributed by atoms with Gasteiger partial charge in [-0.3, -0.25) is 10.1 Å². The van der Waals surface area contributed by atoms with Gasteiger partial charge < -0.3 is 5.32 Å². The van der Waals surface area contributed by atoms with E-state index in [1.54, 1.807) is 11.6 Å². The number of nitrogens with one attached hydrogen (secondary N) is 1. The number of hydrogen-bond acceptors (Lipinski definition) is 4. The molecular formula is C15H26N4O2. The monoisotopic (exact) mass is 294 g/mol. The Morgan fingerprint density at radius 3 is 2.62 bits per heavy atom. The van der Waals surface area contributed by atoms with Gasteiger partial charge in [-0.25, -0.2) is 4.68 Å². The van der Waals surface area contributed by atoms with E-state index in [-0.39, 0.29) is 10.6 Å². The quantitative estimate of drug-likeness (QED) is 0.640. The zero-order valence-corrected chi connectivity index (χ0v) is 13.3. The van der Waals surface area contributed by atoms with Crippen LogP contribution in [0, 0.1) is 28.9 Å². The van der Waals surface area contributed by atoms with E-state index in [9.17, 15) is 10.1 Å². The highest BCUT2D eigenvalue weighted by molar-refractivity contribution is 5.59. The molecule has 0 amide bonds. The van der Waals surface area contributed by atoms with Gasteiger partial charge in [-0.1, -0.05) is 26.7 Å². The van der Waals surface area contributed by atoms with E-state index in [0.29, 0.717) is 24.0 Å². The zero-order chi connectivity index (χ0) is 15.4. The number of anilines is 1. The molecule has 1 N–H and O–H groups in total. The fourth-order valence-corrected chi connectivity index (χ4v) is 3.11. The van der Waals surface area contributed by atoms with E-state index in [2.05, 4.69) is 24.3 Å². The summed E-state index contributed by atoms with van der Waals surface area (Å²) in [6, 6.07) is 0. The Balaban J connectivity index is 2.08. The van der Waals surface area contributed by atoms with Crippen LogP contribution in [-0.4, -0.2) is 21.2 Å². The minimum atomic E-state index is -0.320. The summed E-state index contributed by atoms with van der Waals surface area (Å²) in [5.74, 6) is 2.02. The van der Waals surface area contributed by atoms with Crippen LogP contribution in [-0.2, 0) is 6.54 Å². The van der Waals surface area contributed by atoms with E-state index in [0.717, 1.165) is 18.9 Å². The van der Waals surface area contributed by atoms with Crippen molar-refractivity contribution in [1.82, 2.24) is 9.78 Å². The van der Waals surface area contributed by atoms with Crippen molar-refractivity contribution in [3.8, 4) is 0 Å². The van der Waals surface area contributed by atoms with Gasteiger partial charge in [0, 0.05) is 13.1 Å². The number of aromatic nitrogens is 2. The summed E-state index contributed by atoms with van der Waals surface area (Å²) in [6.45, 7) is 7.57. The summed E-state index contributed by atoms with van der Waals surface area (Å²) < 4.78 is 1.75. The lowest BCUT2D eigenvalue weighted by atomic mass is 9.83. The van der Waals surface area contributed by atoms with Gasteiger partial charge in [-0.2, -0.15) is 5.10 Å². The second-order valence-electron chi connectivity index (χ2n) is 6.27. The van der Waals surface area contributed by atoms with Gasteiger partial charge in [0.15, 0.2) is 0 Å². The summed E-state index contributed by atoms with van der Waals surface area (Å²) in [6.07, 6.45) is 5.86. The van der Waals surface area contributed by atoms with Crippen LogP contribution in [0.4, 0.5) is 11.5 Å². The molecule has 1 heterocycles. The molecule has 118 valence electrons. The highest BCUT2D eigenvalue weighted by Gasteiger charge is 2.26. The lowest BCUT2D eigenvalue weighted by Crippen LogP contribution is -2.21. The largest absolute Gasteiger partial charge is 0.364 e. The Morgan fingerprint density at radius 1 is 1.38 bits per heavy atom. The van der Waals surface area contributed by atoms with Crippen molar-refractivity contribution in [2.24, 2.45) is 11.8 Å². The molecule has 0 saturated heterocycles. The zero-order valence-electron chi connectivity index (χ0n) is 13.3. The molecular weight excluding hydrogens is 268 g/mol. The molecule has 0 aliphatic heterocycles. The first-order valence-corrected chi connectivity index (χ1v) is 7.98. The third-order valence-corrected chi connectivity index (χ3v) is 4.41. The normalized spacial score (nSPS) is 22.2. The van der Waals surface area contributed by atoms with Crippen molar-refractivity contribution < 1.29 is 4.92 Å². The van der Waals surface area contributed by atoms with Gasteiger partial charge in [0.25, 0.3) is 0 Å². The van der Waals surface area contributed by atoms with E-state index in [1.165, 1.54) is 25.7 Å². The highest BCUT2D eigenvalue weighted by atomic mass is 16.6. The fourth-order valence-electron chi connectivity index (χ4n) is 3.11. The SMILES string of the molecule is CCCn1nc(C)c([N+](=O)[O-])c1NCC1CCC(C)CC1. The van der Waals surface area contributed by atoms with Crippen molar-refractivity contribution in [3.05, 3.63) is 15.8 Å². The Kier molecular flexibility index (Phi) is 5.20. The maximum atomic E-state index is 11.3.